The lowest BCUT2D eigenvalue weighted by molar-refractivity contribution is -0.120. The zero-order valence-corrected chi connectivity index (χ0v) is 12.4. The Morgan fingerprint density at radius 2 is 2.00 bits per heavy atom. The van der Waals surface area contributed by atoms with E-state index in [2.05, 4.69) is 17.4 Å². The number of carbonyl (C=O) groups excluding carboxylic acids is 1. The number of carbonyl (C=O) groups is 1. The molecular weight excluding hydrogens is 238 g/mol. The first kappa shape index (κ1) is 15.7. The van der Waals surface area contributed by atoms with Crippen LogP contribution in [0, 0.1) is 19.8 Å². The lowest BCUT2D eigenvalue weighted by Gasteiger charge is -2.14. The number of rotatable bonds is 6. The van der Waals surface area contributed by atoms with Crippen molar-refractivity contribution in [1.29, 1.82) is 0 Å². The molecule has 1 aromatic rings. The summed E-state index contributed by atoms with van der Waals surface area (Å²) >= 11 is 0. The van der Waals surface area contributed by atoms with Gasteiger partial charge in [0.1, 0.15) is 0 Å². The van der Waals surface area contributed by atoms with E-state index >= 15 is 0 Å². The van der Waals surface area contributed by atoms with Gasteiger partial charge in [-0.2, -0.15) is 0 Å². The van der Waals surface area contributed by atoms with Crippen molar-refractivity contribution >= 4 is 5.91 Å². The third-order valence-electron chi connectivity index (χ3n) is 3.39. The minimum atomic E-state index is -0.346. The van der Waals surface area contributed by atoms with Crippen LogP contribution < -0.4 is 5.32 Å². The normalized spacial score (nSPS) is 12.5. The van der Waals surface area contributed by atoms with Gasteiger partial charge in [-0.05, 0) is 37.3 Å². The van der Waals surface area contributed by atoms with Gasteiger partial charge in [-0.15, -0.1) is 0 Å². The fraction of sp³-hybridized carbons (Fsp3) is 0.562. The van der Waals surface area contributed by atoms with E-state index in [-0.39, 0.29) is 17.9 Å². The SMILES string of the molecule is Cc1ccc(C)c(CC(=O)NCCC(O)C(C)C)c1. The molecule has 0 saturated carbocycles. The second-order valence-electron chi connectivity index (χ2n) is 5.56. The van der Waals surface area contributed by atoms with Crippen molar-refractivity contribution in [2.45, 2.75) is 46.6 Å². The molecule has 0 saturated heterocycles. The van der Waals surface area contributed by atoms with Gasteiger partial charge in [0.15, 0.2) is 0 Å². The predicted molar refractivity (Wildman–Crippen MR) is 78.1 cm³/mol. The van der Waals surface area contributed by atoms with E-state index in [1.54, 1.807) is 0 Å². The van der Waals surface area contributed by atoms with Gasteiger partial charge in [0.05, 0.1) is 12.5 Å². The Bertz CT molecular complexity index is 427. The molecule has 0 aromatic heterocycles. The highest BCUT2D eigenvalue weighted by Crippen LogP contribution is 2.11. The van der Waals surface area contributed by atoms with Crippen molar-refractivity contribution < 1.29 is 9.90 Å². The monoisotopic (exact) mass is 263 g/mol. The van der Waals surface area contributed by atoms with Crippen LogP contribution >= 0.6 is 0 Å². The Morgan fingerprint density at radius 3 is 2.63 bits per heavy atom. The van der Waals surface area contributed by atoms with Crippen LogP contribution in [-0.2, 0) is 11.2 Å². The van der Waals surface area contributed by atoms with Crippen LogP contribution in [0.25, 0.3) is 0 Å². The van der Waals surface area contributed by atoms with Crippen LogP contribution in [0.3, 0.4) is 0 Å². The van der Waals surface area contributed by atoms with Crippen molar-refractivity contribution in [2.24, 2.45) is 5.92 Å². The van der Waals surface area contributed by atoms with Crippen LogP contribution in [0.5, 0.6) is 0 Å². The van der Waals surface area contributed by atoms with E-state index in [4.69, 9.17) is 0 Å². The smallest absolute Gasteiger partial charge is 0.224 e. The minimum absolute atomic E-state index is 0.0182. The van der Waals surface area contributed by atoms with Crippen molar-refractivity contribution in [3.8, 4) is 0 Å². The van der Waals surface area contributed by atoms with Gasteiger partial charge in [-0.3, -0.25) is 4.79 Å². The van der Waals surface area contributed by atoms with Gasteiger partial charge in [-0.25, -0.2) is 0 Å². The highest BCUT2D eigenvalue weighted by atomic mass is 16.3. The molecule has 1 aromatic carbocycles. The first-order chi connectivity index (χ1) is 8.90. The molecule has 1 rings (SSSR count). The summed E-state index contributed by atoms with van der Waals surface area (Å²) in [7, 11) is 0. The number of nitrogens with one attached hydrogen (secondary N) is 1. The van der Waals surface area contributed by atoms with Crippen molar-refractivity contribution in [2.75, 3.05) is 6.54 Å². The Hall–Kier alpha value is -1.35. The van der Waals surface area contributed by atoms with E-state index in [1.807, 2.05) is 33.8 Å². The molecule has 3 heteroatoms. The van der Waals surface area contributed by atoms with Gasteiger partial charge in [0.25, 0.3) is 0 Å². The van der Waals surface area contributed by atoms with Gasteiger partial charge < -0.3 is 10.4 Å². The number of aliphatic hydroxyl groups excluding tert-OH is 1. The number of aliphatic hydroxyl groups is 1. The number of amides is 1. The Labute approximate surface area is 116 Å². The maximum absolute atomic E-state index is 11.8. The molecule has 1 unspecified atom stereocenters. The topological polar surface area (TPSA) is 49.3 Å². The molecular formula is C16H25NO2. The molecule has 0 bridgehead atoms. The van der Waals surface area contributed by atoms with Crippen molar-refractivity contribution in [3.63, 3.8) is 0 Å². The molecule has 106 valence electrons. The largest absolute Gasteiger partial charge is 0.393 e. The predicted octanol–water partition coefficient (Wildman–Crippen LogP) is 2.37. The maximum Gasteiger partial charge on any atom is 0.224 e. The van der Waals surface area contributed by atoms with Gasteiger partial charge in [0.2, 0.25) is 5.91 Å². The van der Waals surface area contributed by atoms with E-state index in [0.29, 0.717) is 19.4 Å². The van der Waals surface area contributed by atoms with Crippen molar-refractivity contribution in [3.05, 3.63) is 34.9 Å². The molecule has 0 aliphatic rings. The number of hydrogen-bond donors (Lipinski definition) is 2. The summed E-state index contributed by atoms with van der Waals surface area (Å²) in [6.45, 7) is 8.53. The summed E-state index contributed by atoms with van der Waals surface area (Å²) in [5, 5.41) is 12.5. The van der Waals surface area contributed by atoms with Crippen LogP contribution in [0.4, 0.5) is 0 Å². The summed E-state index contributed by atoms with van der Waals surface area (Å²) < 4.78 is 0. The summed E-state index contributed by atoms with van der Waals surface area (Å²) in [5.41, 5.74) is 3.38. The van der Waals surface area contributed by atoms with Crippen LogP contribution in [-0.4, -0.2) is 23.7 Å². The quantitative estimate of drug-likeness (QED) is 0.828. The van der Waals surface area contributed by atoms with E-state index in [0.717, 1.165) is 11.1 Å². The van der Waals surface area contributed by atoms with E-state index < -0.39 is 0 Å². The second kappa shape index (κ2) is 7.29. The molecule has 0 aliphatic carbocycles. The van der Waals surface area contributed by atoms with Gasteiger partial charge in [-0.1, -0.05) is 37.6 Å². The molecule has 2 N–H and O–H groups in total. The van der Waals surface area contributed by atoms with Gasteiger partial charge >= 0.3 is 0 Å². The highest BCUT2D eigenvalue weighted by molar-refractivity contribution is 5.78. The second-order valence-corrected chi connectivity index (χ2v) is 5.56. The third-order valence-corrected chi connectivity index (χ3v) is 3.39. The molecule has 0 fully saturated rings. The van der Waals surface area contributed by atoms with Crippen LogP contribution in [0.2, 0.25) is 0 Å². The zero-order chi connectivity index (χ0) is 14.4. The molecule has 3 nitrogen and oxygen atoms in total. The highest BCUT2D eigenvalue weighted by Gasteiger charge is 2.10. The maximum atomic E-state index is 11.8. The fourth-order valence-corrected chi connectivity index (χ4v) is 1.92. The minimum Gasteiger partial charge on any atom is -0.393 e. The fourth-order valence-electron chi connectivity index (χ4n) is 1.92. The number of aryl methyl sites for hydroxylation is 2. The molecule has 0 heterocycles. The van der Waals surface area contributed by atoms with E-state index in [1.165, 1.54) is 5.56 Å². The molecule has 1 amide bonds. The standard InChI is InChI=1S/C16H25NO2/c1-11(2)15(18)7-8-17-16(19)10-14-9-12(3)5-6-13(14)4/h5-6,9,11,15,18H,7-8,10H2,1-4H3,(H,17,19). The van der Waals surface area contributed by atoms with Crippen LogP contribution in [0.1, 0.15) is 37.0 Å². The lowest BCUT2D eigenvalue weighted by Crippen LogP contribution is -2.30. The van der Waals surface area contributed by atoms with Gasteiger partial charge in [0, 0.05) is 6.54 Å². The van der Waals surface area contributed by atoms with Crippen LogP contribution in [0.15, 0.2) is 18.2 Å². The first-order valence-corrected chi connectivity index (χ1v) is 6.91. The molecule has 1 atom stereocenters. The third kappa shape index (κ3) is 5.43. The molecule has 19 heavy (non-hydrogen) atoms. The summed E-state index contributed by atoms with van der Waals surface area (Å²) in [6.07, 6.45) is 0.669. The number of benzene rings is 1. The summed E-state index contributed by atoms with van der Waals surface area (Å²) in [6, 6.07) is 6.15. The number of hydrogen-bond acceptors (Lipinski definition) is 2. The molecule has 0 spiro atoms. The average molecular weight is 263 g/mol. The molecule has 0 radical (unpaired) electrons. The Morgan fingerprint density at radius 1 is 1.32 bits per heavy atom. The summed E-state index contributed by atoms with van der Waals surface area (Å²) in [4.78, 5) is 11.8. The Kier molecular flexibility index (Phi) is 6.03. The Balaban J connectivity index is 2.41. The zero-order valence-electron chi connectivity index (χ0n) is 12.4. The van der Waals surface area contributed by atoms with Crippen molar-refractivity contribution in [1.82, 2.24) is 5.32 Å². The lowest BCUT2D eigenvalue weighted by atomic mass is 10.0. The average Bonchev–Trinajstić information content (AvgIpc) is 2.33. The summed E-state index contributed by atoms with van der Waals surface area (Å²) in [5.74, 6) is 0.251. The van der Waals surface area contributed by atoms with E-state index in [9.17, 15) is 9.90 Å². The molecule has 0 aliphatic heterocycles. The first-order valence-electron chi connectivity index (χ1n) is 6.91.